The van der Waals surface area contributed by atoms with E-state index in [1.54, 1.807) is 74.5 Å². The molecule has 4 aromatic rings. The first-order valence-electron chi connectivity index (χ1n) is 14.1. The largest absolute Gasteiger partial charge is 0.462 e. The van der Waals surface area contributed by atoms with Crippen molar-refractivity contribution in [2.45, 2.75) is 56.3 Å². The number of aromatic nitrogens is 3. The minimum absolute atomic E-state index is 0.0863. The van der Waals surface area contributed by atoms with E-state index >= 15 is 0 Å². The van der Waals surface area contributed by atoms with Crippen molar-refractivity contribution in [3.8, 4) is 11.8 Å². The summed E-state index contributed by atoms with van der Waals surface area (Å²) in [5.41, 5.74) is 5.02. The summed E-state index contributed by atoms with van der Waals surface area (Å²) in [5, 5.41) is 39.1. The Hall–Kier alpha value is -4.35. The number of nitrogens with one attached hydrogen (secondary N) is 1. The van der Waals surface area contributed by atoms with Crippen LogP contribution in [0.1, 0.15) is 25.1 Å². The molecule has 0 aliphatic carbocycles. The van der Waals surface area contributed by atoms with Gasteiger partial charge < -0.3 is 29.9 Å². The number of aliphatic hydroxyl groups is 2. The number of carbonyl (C=O) groups is 1. The van der Waals surface area contributed by atoms with Crippen molar-refractivity contribution in [3.05, 3.63) is 90.4 Å². The number of aliphatic hydroxyl groups excluding tert-OH is 2. The topological polar surface area (TPSA) is 204 Å². The number of nitriles is 1. The third-order valence-electron chi connectivity index (χ3n) is 7.10. The molecule has 0 saturated carbocycles. The minimum atomic E-state index is -4.44. The zero-order chi connectivity index (χ0) is 32.2. The van der Waals surface area contributed by atoms with Gasteiger partial charge in [0.05, 0.1) is 18.4 Å². The third-order valence-corrected chi connectivity index (χ3v) is 8.67. The second-order valence-electron chi connectivity index (χ2n) is 10.7. The number of fused-ring (bicyclic) bond motifs is 1. The third kappa shape index (κ3) is 6.84. The average Bonchev–Trinajstić information content (AvgIpc) is 3.57. The molecule has 5 N–H and O–H groups in total. The van der Waals surface area contributed by atoms with E-state index in [4.69, 9.17) is 24.3 Å². The van der Waals surface area contributed by atoms with Crippen LogP contribution in [0.15, 0.2) is 79.1 Å². The molecular weight excluding hydrogens is 603 g/mol. The fourth-order valence-electron chi connectivity index (χ4n) is 4.97. The van der Waals surface area contributed by atoms with E-state index in [1.165, 1.54) is 16.9 Å². The Morgan fingerprint density at radius 1 is 1.16 bits per heavy atom. The first-order valence-corrected chi connectivity index (χ1v) is 15.6. The second-order valence-corrected chi connectivity index (χ2v) is 12.3. The Kier molecular flexibility index (Phi) is 9.50. The Balaban J connectivity index is 1.42. The molecule has 15 heteroatoms. The Bertz CT molecular complexity index is 1720. The summed E-state index contributed by atoms with van der Waals surface area (Å²) in [7, 11) is -4.44. The monoisotopic (exact) mass is 636 g/mol. The molecule has 0 bridgehead atoms. The molecule has 1 aliphatic heterocycles. The predicted octanol–water partition coefficient (Wildman–Crippen LogP) is 2.51. The van der Waals surface area contributed by atoms with Crippen LogP contribution in [-0.4, -0.2) is 67.8 Å². The highest BCUT2D eigenvalue weighted by atomic mass is 31.2. The number of ether oxygens (including phenoxy) is 2. The lowest BCUT2D eigenvalue weighted by Crippen LogP contribution is -2.41. The number of hydrogen-bond acceptors (Lipinski definition) is 12. The summed E-state index contributed by atoms with van der Waals surface area (Å²) in [6, 6.07) is 21.0. The molecule has 1 saturated heterocycles. The summed E-state index contributed by atoms with van der Waals surface area (Å²) in [6.07, 6.45) is -3.99. The van der Waals surface area contributed by atoms with Gasteiger partial charge in [0.1, 0.15) is 48.0 Å². The molecule has 2 aromatic heterocycles. The highest BCUT2D eigenvalue weighted by molar-refractivity contribution is 7.52. The maximum atomic E-state index is 14.3. The van der Waals surface area contributed by atoms with E-state index in [0.717, 1.165) is 5.56 Å². The van der Waals surface area contributed by atoms with Gasteiger partial charge in [0, 0.05) is 0 Å². The number of para-hydroxylation sites is 1. The summed E-state index contributed by atoms with van der Waals surface area (Å²) in [6.45, 7) is 2.76. The summed E-state index contributed by atoms with van der Waals surface area (Å²) < 4.78 is 38.6. The number of carbonyl (C=O) groups excluding carboxylic acids is 1. The van der Waals surface area contributed by atoms with Crippen LogP contribution in [0.4, 0.5) is 5.82 Å². The van der Waals surface area contributed by atoms with Crippen molar-refractivity contribution >= 4 is 25.1 Å². The Morgan fingerprint density at radius 2 is 1.84 bits per heavy atom. The zero-order valence-corrected chi connectivity index (χ0v) is 25.4. The smallest absolute Gasteiger partial charge is 0.459 e. The average molecular weight is 637 g/mol. The fourth-order valence-corrected chi connectivity index (χ4v) is 6.47. The molecule has 6 atom stereocenters. The van der Waals surface area contributed by atoms with Crippen LogP contribution < -0.4 is 15.3 Å². The number of nitrogen functional groups attached to an aromatic ring is 1. The van der Waals surface area contributed by atoms with Gasteiger partial charge in [0.2, 0.25) is 5.60 Å². The van der Waals surface area contributed by atoms with Crippen molar-refractivity contribution in [3.63, 3.8) is 0 Å². The van der Waals surface area contributed by atoms with Gasteiger partial charge in [-0.15, -0.1) is 0 Å². The molecule has 236 valence electrons. The maximum Gasteiger partial charge on any atom is 0.459 e. The van der Waals surface area contributed by atoms with E-state index in [0.29, 0.717) is 5.52 Å². The van der Waals surface area contributed by atoms with Crippen LogP contribution in [0, 0.1) is 11.3 Å². The Morgan fingerprint density at radius 3 is 2.51 bits per heavy atom. The highest BCUT2D eigenvalue weighted by Crippen LogP contribution is 2.47. The zero-order valence-electron chi connectivity index (χ0n) is 24.5. The summed E-state index contributed by atoms with van der Waals surface area (Å²) >= 11 is 0. The van der Waals surface area contributed by atoms with E-state index in [2.05, 4.69) is 15.2 Å². The summed E-state index contributed by atoms with van der Waals surface area (Å²) in [4.78, 5) is 17.1. The SMILES string of the molecule is CC(C)OC(=O)C(Cc1ccccc1)NP(=O)(OC[C@H]1O[C@@](C#N)(c2ccc3c(N)ncnn23)[C@H](O)[C@@H]1O)Oc1ccccc1. The molecule has 2 aromatic carbocycles. The quantitative estimate of drug-likeness (QED) is 0.131. The summed E-state index contributed by atoms with van der Waals surface area (Å²) in [5.74, 6) is -0.393. The number of hydrogen-bond donors (Lipinski definition) is 4. The van der Waals surface area contributed by atoms with Gasteiger partial charge in [0.25, 0.3) is 0 Å². The minimum Gasteiger partial charge on any atom is -0.462 e. The molecule has 3 heterocycles. The lowest BCUT2D eigenvalue weighted by atomic mass is 9.92. The van der Waals surface area contributed by atoms with Crippen molar-refractivity contribution in [1.29, 1.82) is 5.26 Å². The van der Waals surface area contributed by atoms with Gasteiger partial charge in [-0.1, -0.05) is 48.5 Å². The number of benzene rings is 2. The van der Waals surface area contributed by atoms with Crippen molar-refractivity contribution in [1.82, 2.24) is 19.7 Å². The van der Waals surface area contributed by atoms with Crippen molar-refractivity contribution in [2.75, 3.05) is 12.3 Å². The molecule has 0 radical (unpaired) electrons. The first-order chi connectivity index (χ1) is 21.5. The standard InChI is InChI=1S/C30H33N6O8P/c1-19(2)42-29(39)22(15-20-9-5-3-6-10-20)35-45(40,44-21-11-7-4-8-12-21)41-16-24-26(37)27(38)30(17-31,43-24)25-14-13-23-28(32)33-18-34-36(23)25/h3-14,18-19,22,24,26-27,37-38H,15-16H2,1-2H3,(H,35,40)(H2,32,33,34)/t22?,24-,26-,27-,30+,45?/m1/s1. The molecule has 2 unspecified atom stereocenters. The van der Waals surface area contributed by atoms with Crippen LogP contribution in [0.3, 0.4) is 0 Å². The van der Waals surface area contributed by atoms with E-state index in [1.807, 2.05) is 12.1 Å². The number of esters is 1. The van der Waals surface area contributed by atoms with Gasteiger partial charge in [-0.3, -0.25) is 9.32 Å². The van der Waals surface area contributed by atoms with E-state index < -0.39 is 56.4 Å². The molecule has 45 heavy (non-hydrogen) atoms. The van der Waals surface area contributed by atoms with Gasteiger partial charge in [-0.05, 0) is 50.1 Å². The normalized spacial score (nSPS) is 23.3. The lowest BCUT2D eigenvalue weighted by molar-refractivity contribution is -0.149. The molecule has 1 fully saturated rings. The first kappa shape index (κ1) is 32.1. The fraction of sp³-hybridized carbons (Fsp3) is 0.333. The second kappa shape index (κ2) is 13.3. The maximum absolute atomic E-state index is 14.3. The highest BCUT2D eigenvalue weighted by Gasteiger charge is 2.58. The van der Waals surface area contributed by atoms with Crippen LogP contribution in [0.2, 0.25) is 0 Å². The Labute approximate surface area is 258 Å². The van der Waals surface area contributed by atoms with Crippen LogP contribution in [0.5, 0.6) is 5.75 Å². The van der Waals surface area contributed by atoms with Gasteiger partial charge in [-0.25, -0.2) is 14.1 Å². The number of nitrogens with zero attached hydrogens (tertiary/aromatic N) is 4. The predicted molar refractivity (Wildman–Crippen MR) is 161 cm³/mol. The van der Waals surface area contributed by atoms with Crippen LogP contribution >= 0.6 is 7.75 Å². The van der Waals surface area contributed by atoms with Crippen LogP contribution in [-0.2, 0) is 35.4 Å². The number of anilines is 1. The molecule has 1 aliphatic rings. The molecule has 0 spiro atoms. The van der Waals surface area contributed by atoms with Gasteiger partial charge >= 0.3 is 13.7 Å². The molecule has 5 rings (SSSR count). The van der Waals surface area contributed by atoms with E-state index in [-0.39, 0.29) is 23.7 Å². The van der Waals surface area contributed by atoms with Gasteiger partial charge in [-0.2, -0.15) is 15.4 Å². The molecule has 14 nitrogen and oxygen atoms in total. The molecule has 0 amide bonds. The number of nitrogens with two attached hydrogens (primary N) is 1. The lowest BCUT2D eigenvalue weighted by Gasteiger charge is -2.27. The molecular formula is C30H33N6O8P. The number of rotatable bonds is 12. The van der Waals surface area contributed by atoms with Crippen molar-refractivity contribution in [2.24, 2.45) is 0 Å². The van der Waals surface area contributed by atoms with Crippen LogP contribution in [0.25, 0.3) is 5.52 Å². The van der Waals surface area contributed by atoms with Gasteiger partial charge in [0.15, 0.2) is 5.82 Å². The van der Waals surface area contributed by atoms with Crippen molar-refractivity contribution < 1.29 is 38.1 Å². The van der Waals surface area contributed by atoms with E-state index in [9.17, 15) is 24.8 Å².